The first-order chi connectivity index (χ1) is 10.6. The second-order valence-electron chi connectivity index (χ2n) is 5.49. The summed E-state index contributed by atoms with van der Waals surface area (Å²) in [5.41, 5.74) is 2.96. The van der Waals surface area contributed by atoms with Crippen LogP contribution in [0.4, 0.5) is 0 Å². The molecule has 0 radical (unpaired) electrons. The van der Waals surface area contributed by atoms with Crippen molar-refractivity contribution in [1.29, 1.82) is 0 Å². The van der Waals surface area contributed by atoms with Crippen LogP contribution in [0.2, 0.25) is 5.02 Å². The first-order valence-corrected chi connectivity index (χ1v) is 8.41. The molecule has 2 heterocycles. The van der Waals surface area contributed by atoms with Gasteiger partial charge in [0.2, 0.25) is 0 Å². The molecule has 118 valence electrons. The molecule has 1 aromatic carbocycles. The fourth-order valence-corrected chi connectivity index (χ4v) is 3.95. The Hall–Kier alpha value is -1.34. The van der Waals surface area contributed by atoms with Crippen LogP contribution in [0, 0.1) is 0 Å². The molecule has 3 rings (SSSR count). The zero-order chi connectivity index (χ0) is 15.7. The van der Waals surface area contributed by atoms with Gasteiger partial charge in [-0.2, -0.15) is 0 Å². The van der Waals surface area contributed by atoms with Crippen molar-refractivity contribution in [3.63, 3.8) is 0 Å². The van der Waals surface area contributed by atoms with Crippen LogP contribution in [-0.2, 0) is 0 Å². The van der Waals surface area contributed by atoms with Gasteiger partial charge < -0.3 is 9.64 Å². The van der Waals surface area contributed by atoms with Gasteiger partial charge in [0.25, 0.3) is 5.91 Å². The SMILES string of the molecule is COc1ccc2c(Cl)c(C(=O)NN3CC[NH+](C)CC3)sc2c1. The number of carbonyl (C=O) groups is 1. The van der Waals surface area contributed by atoms with Gasteiger partial charge in [-0.1, -0.05) is 11.6 Å². The van der Waals surface area contributed by atoms with Crippen LogP contribution in [0.5, 0.6) is 5.75 Å². The van der Waals surface area contributed by atoms with Crippen LogP contribution >= 0.6 is 22.9 Å². The van der Waals surface area contributed by atoms with E-state index in [4.69, 9.17) is 16.3 Å². The summed E-state index contributed by atoms with van der Waals surface area (Å²) in [6, 6.07) is 5.65. The number of thiophene rings is 1. The topological polar surface area (TPSA) is 46.0 Å². The molecule has 0 aliphatic carbocycles. The number of ether oxygens (including phenoxy) is 1. The summed E-state index contributed by atoms with van der Waals surface area (Å²) in [4.78, 5) is 14.5. The van der Waals surface area contributed by atoms with Crippen molar-refractivity contribution in [2.45, 2.75) is 0 Å². The minimum absolute atomic E-state index is 0.135. The third kappa shape index (κ3) is 3.05. The molecule has 2 N–H and O–H groups in total. The van der Waals surface area contributed by atoms with E-state index in [1.165, 1.54) is 16.2 Å². The second-order valence-corrected chi connectivity index (χ2v) is 6.92. The number of halogens is 1. The van der Waals surface area contributed by atoms with E-state index in [1.807, 2.05) is 23.2 Å². The van der Waals surface area contributed by atoms with Crippen LogP contribution in [0.1, 0.15) is 9.67 Å². The summed E-state index contributed by atoms with van der Waals surface area (Å²) in [7, 11) is 3.79. The summed E-state index contributed by atoms with van der Waals surface area (Å²) in [6.45, 7) is 3.76. The summed E-state index contributed by atoms with van der Waals surface area (Å²) in [5.74, 6) is 0.629. The predicted molar refractivity (Wildman–Crippen MR) is 89.0 cm³/mol. The van der Waals surface area contributed by atoms with Crippen LogP contribution in [0.3, 0.4) is 0 Å². The number of hydrogen-bond acceptors (Lipinski definition) is 4. The Morgan fingerprint density at radius 3 is 2.82 bits per heavy atom. The normalized spacial score (nSPS) is 16.9. The lowest BCUT2D eigenvalue weighted by molar-refractivity contribution is -0.884. The van der Waals surface area contributed by atoms with Gasteiger partial charge in [0, 0.05) is 10.1 Å². The van der Waals surface area contributed by atoms with Crippen LogP contribution in [-0.4, -0.2) is 51.3 Å². The number of amides is 1. The van der Waals surface area contributed by atoms with Gasteiger partial charge in [0.15, 0.2) is 0 Å². The van der Waals surface area contributed by atoms with Crippen LogP contribution in [0.25, 0.3) is 10.1 Å². The van der Waals surface area contributed by atoms with E-state index < -0.39 is 0 Å². The van der Waals surface area contributed by atoms with E-state index in [2.05, 4.69) is 12.5 Å². The second kappa shape index (κ2) is 6.42. The highest BCUT2D eigenvalue weighted by molar-refractivity contribution is 7.21. The van der Waals surface area contributed by atoms with Gasteiger partial charge in [-0.15, -0.1) is 11.3 Å². The highest BCUT2D eigenvalue weighted by Crippen LogP contribution is 2.37. The highest BCUT2D eigenvalue weighted by atomic mass is 35.5. The summed E-state index contributed by atoms with van der Waals surface area (Å²) in [5, 5.41) is 3.37. The maximum absolute atomic E-state index is 12.5. The Labute approximate surface area is 138 Å². The number of nitrogens with one attached hydrogen (secondary N) is 2. The van der Waals surface area contributed by atoms with Gasteiger partial charge in [-0.05, 0) is 18.2 Å². The summed E-state index contributed by atoms with van der Waals surface area (Å²) >= 11 is 7.77. The Morgan fingerprint density at radius 2 is 2.14 bits per heavy atom. The van der Waals surface area contributed by atoms with Gasteiger partial charge >= 0.3 is 0 Å². The summed E-state index contributed by atoms with van der Waals surface area (Å²) in [6.07, 6.45) is 0. The number of likely N-dealkylation sites (N-methyl/N-ethyl adjacent to an activating group) is 1. The number of fused-ring (bicyclic) bond motifs is 1. The monoisotopic (exact) mass is 340 g/mol. The molecule has 0 bridgehead atoms. The molecule has 1 amide bonds. The van der Waals surface area contributed by atoms with E-state index >= 15 is 0 Å². The Balaban J connectivity index is 1.80. The largest absolute Gasteiger partial charge is 0.497 e. The third-order valence-corrected chi connectivity index (χ3v) is 5.58. The van der Waals surface area contributed by atoms with Crippen molar-refractivity contribution in [2.75, 3.05) is 40.3 Å². The average molecular weight is 341 g/mol. The third-order valence-electron chi connectivity index (χ3n) is 3.92. The van der Waals surface area contributed by atoms with Gasteiger partial charge in [0.1, 0.15) is 10.6 Å². The number of rotatable bonds is 3. The maximum atomic E-state index is 12.5. The first kappa shape index (κ1) is 15.6. The lowest BCUT2D eigenvalue weighted by Crippen LogP contribution is -3.12. The minimum atomic E-state index is -0.135. The van der Waals surface area contributed by atoms with Crippen LogP contribution < -0.4 is 15.1 Å². The van der Waals surface area contributed by atoms with E-state index in [0.29, 0.717) is 9.90 Å². The molecule has 0 atom stereocenters. The Bertz CT molecular complexity index is 695. The molecule has 22 heavy (non-hydrogen) atoms. The standard InChI is InChI=1S/C15H18ClN3O2S/c1-18-5-7-19(8-6-18)17-15(20)14-13(16)11-4-3-10(21-2)9-12(11)22-14/h3-4,9H,5-8H2,1-2H3,(H,17,20)/p+1. The van der Waals surface area contributed by atoms with Gasteiger partial charge in [-0.25, -0.2) is 5.01 Å². The molecule has 7 heteroatoms. The molecule has 2 aromatic rings. The first-order valence-electron chi connectivity index (χ1n) is 7.21. The highest BCUT2D eigenvalue weighted by Gasteiger charge is 2.22. The molecule has 1 fully saturated rings. The quantitative estimate of drug-likeness (QED) is 0.877. The van der Waals surface area contributed by atoms with Crippen molar-refractivity contribution >= 4 is 38.9 Å². The van der Waals surface area contributed by atoms with E-state index in [1.54, 1.807) is 7.11 Å². The van der Waals surface area contributed by atoms with E-state index in [9.17, 15) is 4.79 Å². The zero-order valence-corrected chi connectivity index (χ0v) is 14.2. The lowest BCUT2D eigenvalue weighted by Gasteiger charge is -2.29. The van der Waals surface area contributed by atoms with Gasteiger partial charge in [0.05, 0.1) is 45.4 Å². The molecule has 1 aliphatic heterocycles. The Morgan fingerprint density at radius 1 is 1.41 bits per heavy atom. The number of carbonyl (C=O) groups excluding carboxylic acids is 1. The summed E-state index contributed by atoms with van der Waals surface area (Å²) < 4.78 is 6.17. The van der Waals surface area contributed by atoms with Crippen molar-refractivity contribution in [1.82, 2.24) is 10.4 Å². The Kier molecular flexibility index (Phi) is 4.54. The predicted octanol–water partition coefficient (Wildman–Crippen LogP) is 1.04. The molecule has 0 saturated carbocycles. The number of hydrogen-bond donors (Lipinski definition) is 2. The number of methoxy groups -OCH3 is 1. The molecular weight excluding hydrogens is 322 g/mol. The molecule has 5 nitrogen and oxygen atoms in total. The van der Waals surface area contributed by atoms with Gasteiger partial charge in [-0.3, -0.25) is 10.2 Å². The lowest BCUT2D eigenvalue weighted by atomic mass is 10.2. The fourth-order valence-electron chi connectivity index (χ4n) is 2.51. The number of benzene rings is 1. The fraction of sp³-hybridized carbons (Fsp3) is 0.400. The maximum Gasteiger partial charge on any atom is 0.277 e. The molecule has 0 unspecified atom stereocenters. The number of quaternary nitrogens is 1. The van der Waals surface area contributed by atoms with E-state index in [0.717, 1.165) is 42.0 Å². The molecule has 0 spiro atoms. The number of nitrogens with zero attached hydrogens (tertiary/aromatic N) is 1. The van der Waals surface area contributed by atoms with E-state index in [-0.39, 0.29) is 5.91 Å². The molecule has 1 saturated heterocycles. The smallest absolute Gasteiger partial charge is 0.277 e. The molecule has 1 aromatic heterocycles. The van der Waals surface area contributed by atoms with Crippen molar-refractivity contribution in [3.05, 3.63) is 28.1 Å². The van der Waals surface area contributed by atoms with Crippen LogP contribution in [0.15, 0.2) is 18.2 Å². The van der Waals surface area contributed by atoms with Crippen molar-refractivity contribution < 1.29 is 14.4 Å². The number of piperazine rings is 1. The van der Waals surface area contributed by atoms with Crippen molar-refractivity contribution in [3.8, 4) is 5.75 Å². The average Bonchev–Trinajstić information content (AvgIpc) is 2.86. The number of hydrazine groups is 1. The minimum Gasteiger partial charge on any atom is -0.497 e. The molecule has 1 aliphatic rings. The van der Waals surface area contributed by atoms with Crippen molar-refractivity contribution in [2.24, 2.45) is 0 Å². The zero-order valence-electron chi connectivity index (χ0n) is 12.6. The molecular formula is C15H19ClN3O2S+.